The average Bonchev–Trinajstić information content (AvgIpc) is 2.67. The third kappa shape index (κ3) is 3.20. The van der Waals surface area contributed by atoms with Crippen LogP contribution in [0.2, 0.25) is 0 Å². The molecule has 1 saturated heterocycles. The smallest absolute Gasteiger partial charge is 0.338 e. The van der Waals surface area contributed by atoms with Crippen LogP contribution in [0, 0.1) is 21.4 Å². The number of nitro benzene ring substituents is 1. The second-order valence-corrected chi connectivity index (χ2v) is 7.04. The van der Waals surface area contributed by atoms with Gasteiger partial charge in [-0.25, -0.2) is 4.79 Å². The van der Waals surface area contributed by atoms with Crippen LogP contribution in [0.1, 0.15) is 24.8 Å². The van der Waals surface area contributed by atoms with Crippen molar-refractivity contribution >= 4 is 29.3 Å². The molecule has 2 aliphatic heterocycles. The van der Waals surface area contributed by atoms with Gasteiger partial charge < -0.3 is 10.5 Å². The highest BCUT2D eigenvalue weighted by Crippen LogP contribution is 2.46. The Morgan fingerprint density at radius 1 is 1.46 bits per heavy atom. The van der Waals surface area contributed by atoms with E-state index in [0.29, 0.717) is 16.3 Å². The molecule has 28 heavy (non-hydrogen) atoms. The van der Waals surface area contributed by atoms with Crippen molar-refractivity contribution in [2.45, 2.75) is 19.3 Å². The number of hydrogen-bond donors (Lipinski definition) is 1. The number of nitrogens with two attached hydrogens (primary N) is 1. The first-order valence-corrected chi connectivity index (χ1v) is 9.40. The SMILES string of the molecule is CCOC(=O)C1=C(N)N2C(=O)CCSC2=C(C#N)C1c1ccc([N+](=O)[O-])cc1. The fourth-order valence-electron chi connectivity index (χ4n) is 3.17. The van der Waals surface area contributed by atoms with E-state index in [1.54, 1.807) is 6.92 Å². The molecule has 2 N–H and O–H groups in total. The van der Waals surface area contributed by atoms with Crippen molar-refractivity contribution in [1.29, 1.82) is 5.26 Å². The van der Waals surface area contributed by atoms with Crippen LogP contribution in [-0.4, -0.2) is 34.1 Å². The van der Waals surface area contributed by atoms with Gasteiger partial charge in [0.25, 0.3) is 5.69 Å². The number of rotatable bonds is 4. The normalized spacial score (nSPS) is 19.2. The lowest BCUT2D eigenvalue weighted by Crippen LogP contribution is -2.42. The van der Waals surface area contributed by atoms with Crippen LogP contribution in [0.3, 0.4) is 0 Å². The minimum absolute atomic E-state index is 0.0214. The number of nitriles is 1. The summed E-state index contributed by atoms with van der Waals surface area (Å²) in [6.07, 6.45) is 0.228. The van der Waals surface area contributed by atoms with Crippen LogP contribution >= 0.6 is 11.8 Å². The summed E-state index contributed by atoms with van der Waals surface area (Å²) in [5.41, 5.74) is 6.71. The van der Waals surface area contributed by atoms with E-state index in [9.17, 15) is 25.0 Å². The molecule has 10 heteroatoms. The van der Waals surface area contributed by atoms with Crippen LogP contribution in [0.25, 0.3) is 0 Å². The molecule has 1 aromatic carbocycles. The van der Waals surface area contributed by atoms with Crippen molar-refractivity contribution in [3.63, 3.8) is 0 Å². The lowest BCUT2D eigenvalue weighted by Gasteiger charge is -2.37. The number of esters is 1. The number of amides is 1. The monoisotopic (exact) mass is 400 g/mol. The molecule has 1 atom stereocenters. The molecule has 0 bridgehead atoms. The van der Waals surface area contributed by atoms with Gasteiger partial charge in [0.2, 0.25) is 5.91 Å². The molecule has 2 heterocycles. The first-order valence-electron chi connectivity index (χ1n) is 8.41. The Bertz CT molecular complexity index is 961. The number of thioether (sulfide) groups is 1. The number of nitrogens with zero attached hydrogens (tertiary/aromatic N) is 3. The van der Waals surface area contributed by atoms with E-state index in [0.717, 1.165) is 0 Å². The molecule has 1 amide bonds. The summed E-state index contributed by atoms with van der Waals surface area (Å²) in [6.45, 7) is 1.72. The summed E-state index contributed by atoms with van der Waals surface area (Å²) in [4.78, 5) is 36.7. The van der Waals surface area contributed by atoms with E-state index in [-0.39, 0.29) is 41.6 Å². The molecule has 1 unspecified atom stereocenters. The molecule has 2 aliphatic rings. The second-order valence-electron chi connectivity index (χ2n) is 5.96. The van der Waals surface area contributed by atoms with Crippen LogP contribution in [0.4, 0.5) is 5.69 Å². The maximum absolute atomic E-state index is 12.7. The van der Waals surface area contributed by atoms with E-state index in [4.69, 9.17) is 10.5 Å². The Labute approximate surface area is 164 Å². The van der Waals surface area contributed by atoms with Gasteiger partial charge in [-0.1, -0.05) is 12.1 Å². The van der Waals surface area contributed by atoms with Crippen molar-refractivity contribution in [3.8, 4) is 6.07 Å². The molecule has 0 aromatic heterocycles. The fourth-order valence-corrected chi connectivity index (χ4v) is 4.29. The van der Waals surface area contributed by atoms with E-state index in [1.807, 2.05) is 0 Å². The number of non-ortho nitro benzene ring substituents is 1. The Balaban J connectivity index is 2.21. The highest BCUT2D eigenvalue weighted by Gasteiger charge is 2.43. The van der Waals surface area contributed by atoms with Crippen molar-refractivity contribution in [3.05, 3.63) is 61.9 Å². The standard InChI is InChI=1S/C18H16N4O5S/c1-2-27-18(24)15-14(10-3-5-11(6-4-10)22(25)26)12(9-19)17-21(16(15)20)13(23)7-8-28-17/h3-6,14H,2,7-8,20H2,1H3. The summed E-state index contributed by atoms with van der Waals surface area (Å²) in [7, 11) is 0. The summed E-state index contributed by atoms with van der Waals surface area (Å²) in [6, 6.07) is 7.61. The van der Waals surface area contributed by atoms with Gasteiger partial charge in [-0.2, -0.15) is 5.26 Å². The van der Waals surface area contributed by atoms with Crippen molar-refractivity contribution < 1.29 is 19.2 Å². The van der Waals surface area contributed by atoms with Gasteiger partial charge in [-0.15, -0.1) is 11.8 Å². The lowest BCUT2D eigenvalue weighted by molar-refractivity contribution is -0.384. The molecule has 1 fully saturated rings. The number of nitro groups is 1. The summed E-state index contributed by atoms with van der Waals surface area (Å²) >= 11 is 1.31. The fraction of sp³-hybridized carbons (Fsp3) is 0.278. The highest BCUT2D eigenvalue weighted by atomic mass is 32.2. The van der Waals surface area contributed by atoms with Crippen LogP contribution in [0.15, 0.2) is 46.3 Å². The van der Waals surface area contributed by atoms with Crippen LogP contribution < -0.4 is 5.73 Å². The summed E-state index contributed by atoms with van der Waals surface area (Å²) < 4.78 is 5.11. The molecule has 144 valence electrons. The number of ether oxygens (including phenoxy) is 1. The maximum atomic E-state index is 12.7. The van der Waals surface area contributed by atoms with E-state index < -0.39 is 16.8 Å². The first-order chi connectivity index (χ1) is 13.4. The number of fused-ring (bicyclic) bond motifs is 1. The molecule has 3 rings (SSSR count). The topological polar surface area (TPSA) is 140 Å². The largest absolute Gasteiger partial charge is 0.463 e. The molecule has 9 nitrogen and oxygen atoms in total. The zero-order valence-electron chi connectivity index (χ0n) is 14.9. The minimum Gasteiger partial charge on any atom is -0.463 e. The van der Waals surface area contributed by atoms with E-state index in [2.05, 4.69) is 6.07 Å². The quantitative estimate of drug-likeness (QED) is 0.460. The first kappa shape index (κ1) is 19.4. The van der Waals surface area contributed by atoms with Gasteiger partial charge in [-0.05, 0) is 12.5 Å². The number of hydrogen-bond acceptors (Lipinski definition) is 8. The van der Waals surface area contributed by atoms with Gasteiger partial charge in [0.05, 0.1) is 39.7 Å². The Morgan fingerprint density at radius 3 is 2.71 bits per heavy atom. The summed E-state index contributed by atoms with van der Waals surface area (Å²) in [5, 5.41) is 21.1. The highest BCUT2D eigenvalue weighted by molar-refractivity contribution is 8.03. The number of allylic oxidation sites excluding steroid dienone is 1. The molecule has 0 aliphatic carbocycles. The molecule has 0 spiro atoms. The van der Waals surface area contributed by atoms with E-state index in [1.165, 1.54) is 40.9 Å². The molecule has 0 saturated carbocycles. The Morgan fingerprint density at radius 2 is 2.14 bits per heavy atom. The van der Waals surface area contributed by atoms with Gasteiger partial charge >= 0.3 is 5.97 Å². The van der Waals surface area contributed by atoms with E-state index >= 15 is 0 Å². The number of carbonyl (C=O) groups excluding carboxylic acids is 2. The second kappa shape index (κ2) is 7.74. The van der Waals surface area contributed by atoms with Crippen molar-refractivity contribution in [1.82, 2.24) is 4.90 Å². The molecule has 1 aromatic rings. The van der Waals surface area contributed by atoms with Crippen molar-refractivity contribution in [2.75, 3.05) is 12.4 Å². The number of carbonyl (C=O) groups is 2. The molecular weight excluding hydrogens is 384 g/mol. The van der Waals surface area contributed by atoms with Crippen LogP contribution in [-0.2, 0) is 14.3 Å². The minimum atomic E-state index is -0.880. The Hall–Kier alpha value is -3.32. The Kier molecular flexibility index (Phi) is 5.37. The van der Waals surface area contributed by atoms with Gasteiger partial charge in [0.1, 0.15) is 5.82 Å². The van der Waals surface area contributed by atoms with Gasteiger partial charge in [0, 0.05) is 24.3 Å². The zero-order valence-corrected chi connectivity index (χ0v) is 15.7. The van der Waals surface area contributed by atoms with Gasteiger partial charge in [0.15, 0.2) is 0 Å². The lowest BCUT2D eigenvalue weighted by atomic mass is 9.83. The predicted octanol–water partition coefficient (Wildman–Crippen LogP) is 2.13. The molecule has 0 radical (unpaired) electrons. The third-order valence-corrected chi connectivity index (χ3v) is 5.47. The zero-order chi connectivity index (χ0) is 20.4. The third-order valence-electron chi connectivity index (χ3n) is 4.38. The average molecular weight is 400 g/mol. The summed E-state index contributed by atoms with van der Waals surface area (Å²) in [5.74, 6) is -1.51. The van der Waals surface area contributed by atoms with Crippen molar-refractivity contribution in [2.24, 2.45) is 5.73 Å². The van der Waals surface area contributed by atoms with Gasteiger partial charge in [-0.3, -0.25) is 19.8 Å². The predicted molar refractivity (Wildman–Crippen MR) is 100 cm³/mol. The number of benzene rings is 1. The maximum Gasteiger partial charge on any atom is 0.338 e. The molecular formula is C18H16N4O5S. The van der Waals surface area contributed by atoms with Crippen LogP contribution in [0.5, 0.6) is 0 Å².